The molecule has 0 radical (unpaired) electrons. The van der Waals surface area contributed by atoms with Crippen LogP contribution in [0.2, 0.25) is 5.02 Å². The van der Waals surface area contributed by atoms with Crippen LogP contribution in [-0.2, 0) is 11.3 Å². The van der Waals surface area contributed by atoms with Crippen LogP contribution < -0.4 is 10.1 Å². The van der Waals surface area contributed by atoms with Crippen molar-refractivity contribution < 1.29 is 9.53 Å². The first-order valence-electron chi connectivity index (χ1n) is 7.74. The Morgan fingerprint density at radius 2 is 2.30 bits per heavy atom. The lowest BCUT2D eigenvalue weighted by Crippen LogP contribution is -2.40. The molecule has 3 rings (SSSR count). The molecule has 1 aliphatic rings. The second-order valence-corrected chi connectivity index (χ2v) is 6.58. The number of carbonyl (C=O) groups is 1. The van der Waals surface area contributed by atoms with Gasteiger partial charge in [0, 0.05) is 35.9 Å². The quantitative estimate of drug-likeness (QED) is 0.847. The summed E-state index contributed by atoms with van der Waals surface area (Å²) in [4.78, 5) is 12.2. The summed E-state index contributed by atoms with van der Waals surface area (Å²) >= 11 is 5.92. The third-order valence-corrected chi connectivity index (χ3v) is 4.36. The average Bonchev–Trinajstić information content (AvgIpc) is 3.09. The molecular formula is C17H20ClN3O2. The number of benzene rings is 1. The highest BCUT2D eigenvalue weighted by molar-refractivity contribution is 6.30. The minimum absolute atomic E-state index is 0.114. The lowest BCUT2D eigenvalue weighted by molar-refractivity contribution is -0.127. The molecule has 0 aliphatic heterocycles. The first kappa shape index (κ1) is 15.9. The smallest absolute Gasteiger partial charge is 0.260 e. The molecule has 0 bridgehead atoms. The molecule has 1 atom stereocenters. The number of carbonyl (C=O) groups excluding carboxylic acids is 1. The average molecular weight is 334 g/mol. The Hall–Kier alpha value is -2.01. The zero-order valence-corrected chi connectivity index (χ0v) is 13.8. The lowest BCUT2D eigenvalue weighted by Gasteiger charge is -2.19. The summed E-state index contributed by atoms with van der Waals surface area (Å²) in [5.74, 6) is 0.481. The molecule has 1 heterocycles. The Kier molecular flexibility index (Phi) is 4.57. The number of amides is 1. The van der Waals surface area contributed by atoms with Crippen LogP contribution in [0.1, 0.15) is 19.8 Å². The highest BCUT2D eigenvalue weighted by Gasteiger charge is 2.43. The molecule has 0 spiro atoms. The summed E-state index contributed by atoms with van der Waals surface area (Å²) in [5, 5.41) is 7.82. The van der Waals surface area contributed by atoms with Gasteiger partial charge in [-0.3, -0.25) is 9.48 Å². The van der Waals surface area contributed by atoms with Crippen LogP contribution in [0, 0.1) is 5.41 Å². The van der Waals surface area contributed by atoms with E-state index in [1.165, 1.54) is 0 Å². The van der Waals surface area contributed by atoms with Crippen molar-refractivity contribution in [3.63, 3.8) is 0 Å². The predicted molar refractivity (Wildman–Crippen MR) is 88.4 cm³/mol. The molecule has 23 heavy (non-hydrogen) atoms. The Morgan fingerprint density at radius 3 is 2.96 bits per heavy atom. The first-order chi connectivity index (χ1) is 11.1. The molecule has 1 N–H and O–H groups in total. The van der Waals surface area contributed by atoms with Crippen LogP contribution in [0.15, 0.2) is 42.7 Å². The van der Waals surface area contributed by atoms with Gasteiger partial charge in [-0.05, 0) is 44.0 Å². The van der Waals surface area contributed by atoms with E-state index in [0.717, 1.165) is 19.4 Å². The topological polar surface area (TPSA) is 56.1 Å². The van der Waals surface area contributed by atoms with Gasteiger partial charge >= 0.3 is 0 Å². The van der Waals surface area contributed by atoms with Crippen molar-refractivity contribution in [2.45, 2.75) is 32.4 Å². The van der Waals surface area contributed by atoms with Crippen LogP contribution in [0.3, 0.4) is 0 Å². The van der Waals surface area contributed by atoms with Crippen molar-refractivity contribution in [3.05, 3.63) is 47.7 Å². The Bertz CT molecular complexity index is 668. The second kappa shape index (κ2) is 6.62. The van der Waals surface area contributed by atoms with E-state index in [2.05, 4.69) is 10.4 Å². The van der Waals surface area contributed by atoms with E-state index in [1.807, 2.05) is 16.9 Å². The van der Waals surface area contributed by atoms with Crippen molar-refractivity contribution in [2.75, 3.05) is 6.54 Å². The fourth-order valence-electron chi connectivity index (χ4n) is 2.52. The highest BCUT2D eigenvalue weighted by Crippen LogP contribution is 2.46. The van der Waals surface area contributed by atoms with Gasteiger partial charge < -0.3 is 10.1 Å². The lowest BCUT2D eigenvalue weighted by atomic mass is 10.1. The summed E-state index contributed by atoms with van der Waals surface area (Å²) in [7, 11) is 0. The molecule has 1 amide bonds. The molecule has 6 heteroatoms. The summed E-state index contributed by atoms with van der Waals surface area (Å²) in [6.07, 6.45) is 5.38. The van der Waals surface area contributed by atoms with Crippen LogP contribution >= 0.6 is 11.6 Å². The van der Waals surface area contributed by atoms with Crippen molar-refractivity contribution >= 4 is 17.5 Å². The highest BCUT2D eigenvalue weighted by atomic mass is 35.5. The van der Waals surface area contributed by atoms with Crippen molar-refractivity contribution in [1.82, 2.24) is 15.1 Å². The van der Waals surface area contributed by atoms with E-state index in [4.69, 9.17) is 16.3 Å². The van der Waals surface area contributed by atoms with Gasteiger partial charge in [0.05, 0.1) is 0 Å². The van der Waals surface area contributed by atoms with Gasteiger partial charge in [0.2, 0.25) is 0 Å². The number of aromatic nitrogens is 2. The van der Waals surface area contributed by atoms with E-state index < -0.39 is 6.10 Å². The van der Waals surface area contributed by atoms with Gasteiger partial charge in [0.15, 0.2) is 6.10 Å². The first-order valence-corrected chi connectivity index (χ1v) is 8.12. The van der Waals surface area contributed by atoms with E-state index in [-0.39, 0.29) is 11.3 Å². The van der Waals surface area contributed by atoms with Crippen LogP contribution in [0.4, 0.5) is 0 Å². The summed E-state index contributed by atoms with van der Waals surface area (Å²) < 4.78 is 7.56. The normalized spacial score (nSPS) is 16.6. The number of halogens is 1. The molecule has 5 nitrogen and oxygen atoms in total. The molecular weight excluding hydrogens is 314 g/mol. The van der Waals surface area contributed by atoms with Gasteiger partial charge in [-0.25, -0.2) is 0 Å². The second-order valence-electron chi connectivity index (χ2n) is 6.14. The van der Waals surface area contributed by atoms with Gasteiger partial charge in [-0.15, -0.1) is 0 Å². The summed E-state index contributed by atoms with van der Waals surface area (Å²) in [5.41, 5.74) is 0.136. The SMILES string of the molecule is C[C@H](Oc1cccc(Cl)c1)C(=O)NCC1(Cn2cccn2)CC1. The maximum absolute atomic E-state index is 12.2. The zero-order chi connectivity index (χ0) is 16.3. The number of hydrogen-bond acceptors (Lipinski definition) is 3. The van der Waals surface area contributed by atoms with E-state index in [1.54, 1.807) is 37.4 Å². The maximum Gasteiger partial charge on any atom is 0.260 e. The van der Waals surface area contributed by atoms with E-state index >= 15 is 0 Å². The summed E-state index contributed by atoms with van der Waals surface area (Å²) in [6, 6.07) is 8.97. The number of nitrogens with zero attached hydrogens (tertiary/aromatic N) is 2. The largest absolute Gasteiger partial charge is 0.481 e. The molecule has 0 unspecified atom stereocenters. The molecule has 0 saturated heterocycles. The third kappa shape index (κ3) is 4.26. The van der Waals surface area contributed by atoms with Crippen molar-refractivity contribution in [1.29, 1.82) is 0 Å². The van der Waals surface area contributed by atoms with E-state index in [0.29, 0.717) is 17.3 Å². The van der Waals surface area contributed by atoms with Crippen LogP contribution in [0.25, 0.3) is 0 Å². The Balaban J connectivity index is 1.49. The predicted octanol–water partition coefficient (Wildman–Crippen LogP) is 2.90. The van der Waals surface area contributed by atoms with Gasteiger partial charge in [-0.1, -0.05) is 17.7 Å². The molecule has 122 valence electrons. The molecule has 2 aromatic rings. The van der Waals surface area contributed by atoms with Gasteiger partial charge in [0.1, 0.15) is 5.75 Å². The van der Waals surface area contributed by atoms with Crippen LogP contribution in [0.5, 0.6) is 5.75 Å². The van der Waals surface area contributed by atoms with Crippen LogP contribution in [-0.4, -0.2) is 28.3 Å². The minimum atomic E-state index is -0.561. The zero-order valence-electron chi connectivity index (χ0n) is 13.0. The number of hydrogen-bond donors (Lipinski definition) is 1. The number of ether oxygens (including phenoxy) is 1. The molecule has 1 aromatic carbocycles. The fraction of sp³-hybridized carbons (Fsp3) is 0.412. The number of nitrogens with one attached hydrogen (secondary N) is 1. The molecule has 1 saturated carbocycles. The van der Waals surface area contributed by atoms with Crippen molar-refractivity contribution in [3.8, 4) is 5.75 Å². The fourth-order valence-corrected chi connectivity index (χ4v) is 2.70. The minimum Gasteiger partial charge on any atom is -0.481 e. The van der Waals surface area contributed by atoms with E-state index in [9.17, 15) is 4.79 Å². The molecule has 1 fully saturated rings. The number of rotatable bonds is 7. The van der Waals surface area contributed by atoms with Crippen molar-refractivity contribution in [2.24, 2.45) is 5.41 Å². The standard InChI is InChI=1S/C17H20ClN3O2/c1-13(23-15-5-2-4-14(18)10-15)16(22)19-11-17(6-7-17)12-21-9-3-8-20-21/h2-5,8-10,13H,6-7,11-12H2,1H3,(H,19,22)/t13-/m0/s1. The summed E-state index contributed by atoms with van der Waals surface area (Å²) in [6.45, 7) is 3.22. The maximum atomic E-state index is 12.2. The monoisotopic (exact) mass is 333 g/mol. The Labute approximate surface area is 140 Å². The van der Waals surface area contributed by atoms with Gasteiger partial charge in [-0.2, -0.15) is 5.10 Å². The third-order valence-electron chi connectivity index (χ3n) is 4.13. The molecule has 1 aromatic heterocycles. The van der Waals surface area contributed by atoms with Gasteiger partial charge in [0.25, 0.3) is 5.91 Å². The Morgan fingerprint density at radius 1 is 1.48 bits per heavy atom. The molecule has 1 aliphatic carbocycles.